The second-order valence-electron chi connectivity index (χ2n) is 4.68. The molecule has 0 aliphatic carbocycles. The number of hydrogen-bond donors (Lipinski definition) is 1. The average Bonchev–Trinajstić information content (AvgIpc) is 2.70. The summed E-state index contributed by atoms with van der Waals surface area (Å²) in [5.74, 6) is 1.00. The van der Waals surface area contributed by atoms with Crippen molar-refractivity contribution in [3.8, 4) is 11.4 Å². The number of aryl methyl sites for hydroxylation is 1. The molecular formula is C12H15BrN4O. The third-order valence-electron chi connectivity index (χ3n) is 2.51. The van der Waals surface area contributed by atoms with E-state index >= 15 is 0 Å². The summed E-state index contributed by atoms with van der Waals surface area (Å²) in [6.45, 7) is 4.19. The maximum Gasteiger partial charge on any atom is 0.265 e. The van der Waals surface area contributed by atoms with E-state index in [0.717, 1.165) is 17.7 Å². The normalized spacial score (nSPS) is 11.2. The minimum Gasteiger partial charge on any atom is -0.305 e. The van der Waals surface area contributed by atoms with E-state index in [2.05, 4.69) is 44.8 Å². The molecule has 0 spiro atoms. The van der Waals surface area contributed by atoms with Gasteiger partial charge in [-0.05, 0) is 28.3 Å². The lowest BCUT2D eigenvalue weighted by atomic mass is 10.1. The molecular weight excluding hydrogens is 296 g/mol. The van der Waals surface area contributed by atoms with Gasteiger partial charge in [0.05, 0.1) is 17.5 Å². The highest BCUT2D eigenvalue weighted by molar-refractivity contribution is 9.10. The molecule has 1 N–H and O–H groups in total. The molecule has 5 nitrogen and oxygen atoms in total. The first-order valence-electron chi connectivity index (χ1n) is 5.75. The number of aromatic amines is 1. The van der Waals surface area contributed by atoms with Crippen molar-refractivity contribution in [1.29, 1.82) is 0 Å². The lowest BCUT2D eigenvalue weighted by Crippen LogP contribution is -2.14. The van der Waals surface area contributed by atoms with Crippen molar-refractivity contribution in [3.63, 3.8) is 0 Å². The van der Waals surface area contributed by atoms with Crippen molar-refractivity contribution in [2.45, 2.75) is 20.3 Å². The van der Waals surface area contributed by atoms with E-state index in [0.29, 0.717) is 16.2 Å². The molecule has 18 heavy (non-hydrogen) atoms. The van der Waals surface area contributed by atoms with Gasteiger partial charge >= 0.3 is 0 Å². The first-order valence-corrected chi connectivity index (χ1v) is 6.54. The predicted octanol–water partition coefficient (Wildman–Crippen LogP) is 2.13. The van der Waals surface area contributed by atoms with Crippen molar-refractivity contribution in [2.75, 3.05) is 0 Å². The zero-order valence-corrected chi connectivity index (χ0v) is 12.2. The number of hydrogen-bond acceptors (Lipinski definition) is 3. The molecule has 0 atom stereocenters. The van der Waals surface area contributed by atoms with Gasteiger partial charge < -0.3 is 4.98 Å². The van der Waals surface area contributed by atoms with E-state index in [-0.39, 0.29) is 5.56 Å². The van der Waals surface area contributed by atoms with Crippen LogP contribution in [-0.4, -0.2) is 19.7 Å². The minimum atomic E-state index is -0.153. The molecule has 2 heterocycles. The summed E-state index contributed by atoms with van der Waals surface area (Å²) in [7, 11) is 1.83. The van der Waals surface area contributed by atoms with Crippen LogP contribution < -0.4 is 5.56 Å². The summed E-state index contributed by atoms with van der Waals surface area (Å²) in [6.07, 6.45) is 4.27. The number of halogens is 1. The molecule has 0 amide bonds. The summed E-state index contributed by atoms with van der Waals surface area (Å²) in [6, 6.07) is 0. The Morgan fingerprint density at radius 2 is 2.22 bits per heavy atom. The average molecular weight is 311 g/mol. The SMILES string of the molecule is CC(C)Cc1nc(-c2cnn(C)c2)[nH]c(=O)c1Br. The van der Waals surface area contributed by atoms with E-state index in [1.165, 1.54) is 0 Å². The van der Waals surface area contributed by atoms with Crippen LogP contribution in [0, 0.1) is 5.92 Å². The monoisotopic (exact) mass is 310 g/mol. The molecule has 6 heteroatoms. The van der Waals surface area contributed by atoms with Gasteiger partial charge in [-0.25, -0.2) is 4.98 Å². The zero-order valence-electron chi connectivity index (χ0n) is 10.6. The molecule has 2 aromatic heterocycles. The molecule has 2 rings (SSSR count). The second kappa shape index (κ2) is 5.06. The van der Waals surface area contributed by atoms with Crippen LogP contribution in [0.4, 0.5) is 0 Å². The van der Waals surface area contributed by atoms with Crippen molar-refractivity contribution in [2.24, 2.45) is 13.0 Å². The van der Waals surface area contributed by atoms with Gasteiger partial charge in [0.25, 0.3) is 5.56 Å². The molecule has 0 aliphatic heterocycles. The van der Waals surface area contributed by atoms with Crippen molar-refractivity contribution in [1.82, 2.24) is 19.7 Å². The molecule has 0 aromatic carbocycles. The van der Waals surface area contributed by atoms with E-state index in [1.54, 1.807) is 10.9 Å². The Hall–Kier alpha value is -1.43. The topological polar surface area (TPSA) is 63.6 Å². The fourth-order valence-electron chi connectivity index (χ4n) is 1.71. The first-order chi connectivity index (χ1) is 8.47. The summed E-state index contributed by atoms with van der Waals surface area (Å²) in [5.41, 5.74) is 1.44. The Kier molecular flexibility index (Phi) is 3.65. The molecule has 0 fully saturated rings. The predicted molar refractivity (Wildman–Crippen MR) is 73.3 cm³/mol. The third kappa shape index (κ3) is 2.69. The van der Waals surface area contributed by atoms with Gasteiger partial charge in [0, 0.05) is 13.2 Å². The second-order valence-corrected chi connectivity index (χ2v) is 5.47. The van der Waals surface area contributed by atoms with Crippen molar-refractivity contribution >= 4 is 15.9 Å². The molecule has 96 valence electrons. The Balaban J connectivity index is 2.50. The smallest absolute Gasteiger partial charge is 0.265 e. The summed E-state index contributed by atoms with van der Waals surface area (Å²) in [5, 5.41) is 4.08. The molecule has 0 saturated heterocycles. The highest BCUT2D eigenvalue weighted by atomic mass is 79.9. The Morgan fingerprint density at radius 3 is 2.78 bits per heavy atom. The fraction of sp³-hybridized carbons (Fsp3) is 0.417. The molecule has 2 aromatic rings. The molecule has 0 aliphatic rings. The lowest BCUT2D eigenvalue weighted by molar-refractivity contribution is 0.631. The molecule has 0 saturated carbocycles. The van der Waals surface area contributed by atoms with Crippen LogP contribution >= 0.6 is 15.9 Å². The quantitative estimate of drug-likeness (QED) is 0.944. The lowest BCUT2D eigenvalue weighted by Gasteiger charge is -2.07. The zero-order chi connectivity index (χ0) is 13.3. The van der Waals surface area contributed by atoms with Gasteiger partial charge in [-0.3, -0.25) is 9.48 Å². The van der Waals surface area contributed by atoms with Crippen LogP contribution in [0.5, 0.6) is 0 Å². The maximum atomic E-state index is 11.9. The van der Waals surface area contributed by atoms with Crippen LogP contribution in [0.25, 0.3) is 11.4 Å². The summed E-state index contributed by atoms with van der Waals surface area (Å²) in [4.78, 5) is 19.1. The van der Waals surface area contributed by atoms with E-state index in [9.17, 15) is 4.79 Å². The number of H-pyrrole nitrogens is 1. The van der Waals surface area contributed by atoms with Crippen LogP contribution in [0.2, 0.25) is 0 Å². The largest absolute Gasteiger partial charge is 0.305 e. The van der Waals surface area contributed by atoms with Crippen LogP contribution in [0.1, 0.15) is 19.5 Å². The number of nitrogens with zero attached hydrogens (tertiary/aromatic N) is 3. The van der Waals surface area contributed by atoms with E-state index in [4.69, 9.17) is 0 Å². The van der Waals surface area contributed by atoms with Gasteiger partial charge in [-0.2, -0.15) is 5.10 Å². The highest BCUT2D eigenvalue weighted by Crippen LogP contribution is 2.18. The number of aromatic nitrogens is 4. The Bertz CT molecular complexity index is 615. The highest BCUT2D eigenvalue weighted by Gasteiger charge is 2.12. The summed E-state index contributed by atoms with van der Waals surface area (Å²) >= 11 is 3.29. The van der Waals surface area contributed by atoms with Gasteiger partial charge in [-0.15, -0.1) is 0 Å². The minimum absolute atomic E-state index is 0.153. The first kappa shape index (κ1) is 13.0. The van der Waals surface area contributed by atoms with Gasteiger partial charge in [-0.1, -0.05) is 13.8 Å². The molecule has 0 bridgehead atoms. The fourth-order valence-corrected chi connectivity index (χ4v) is 2.06. The van der Waals surface area contributed by atoms with Gasteiger partial charge in [0.2, 0.25) is 0 Å². The number of rotatable bonds is 3. The van der Waals surface area contributed by atoms with Gasteiger partial charge in [0.1, 0.15) is 10.3 Å². The van der Waals surface area contributed by atoms with Crippen molar-refractivity contribution in [3.05, 3.63) is 32.9 Å². The van der Waals surface area contributed by atoms with Gasteiger partial charge in [0.15, 0.2) is 0 Å². The molecule has 0 radical (unpaired) electrons. The van der Waals surface area contributed by atoms with E-state index < -0.39 is 0 Å². The van der Waals surface area contributed by atoms with Crippen molar-refractivity contribution < 1.29 is 0 Å². The maximum absolute atomic E-state index is 11.9. The third-order valence-corrected chi connectivity index (χ3v) is 3.33. The Morgan fingerprint density at radius 1 is 1.50 bits per heavy atom. The van der Waals surface area contributed by atoms with Crippen LogP contribution in [0.3, 0.4) is 0 Å². The Labute approximate surface area is 113 Å². The van der Waals surface area contributed by atoms with Crippen LogP contribution in [0.15, 0.2) is 21.7 Å². The van der Waals surface area contributed by atoms with Crippen LogP contribution in [-0.2, 0) is 13.5 Å². The van der Waals surface area contributed by atoms with E-state index in [1.807, 2.05) is 13.2 Å². The standard InChI is InChI=1S/C12H15BrN4O/c1-7(2)4-9-10(13)12(18)16-11(15-9)8-5-14-17(3)6-8/h5-7H,4H2,1-3H3,(H,15,16,18). The summed E-state index contributed by atoms with van der Waals surface area (Å²) < 4.78 is 2.20. The molecule has 0 unspecified atom stereocenters. The number of nitrogens with one attached hydrogen (secondary N) is 1.